The molecule has 2 fully saturated rings. The van der Waals surface area contributed by atoms with E-state index in [1.54, 1.807) is 0 Å². The number of para-hydroxylation sites is 2. The molecule has 144 valence electrons. The highest BCUT2D eigenvalue weighted by atomic mass is 16.1. The first kappa shape index (κ1) is 17.3. The smallest absolute Gasteiger partial charge is 0.279 e. The third-order valence-corrected chi connectivity index (χ3v) is 6.26. The molecule has 3 aromatic rings. The SMILES string of the molecule is CC1CCC2CC(n3c(=O)c(-c4c[nH]c(=O)cn4)nc4ccccc43)CC1N2. The molecule has 1 aromatic carbocycles. The van der Waals surface area contributed by atoms with E-state index in [4.69, 9.17) is 0 Å². The molecule has 2 aliphatic heterocycles. The lowest BCUT2D eigenvalue weighted by molar-refractivity contribution is 0.144. The van der Waals surface area contributed by atoms with Gasteiger partial charge in [0.05, 0.1) is 17.2 Å². The summed E-state index contributed by atoms with van der Waals surface area (Å²) < 4.78 is 1.92. The van der Waals surface area contributed by atoms with Crippen LogP contribution in [0.25, 0.3) is 22.4 Å². The van der Waals surface area contributed by atoms with Gasteiger partial charge in [-0.1, -0.05) is 19.1 Å². The minimum atomic E-state index is -0.301. The van der Waals surface area contributed by atoms with Crippen molar-refractivity contribution >= 4 is 11.0 Å². The van der Waals surface area contributed by atoms with Gasteiger partial charge < -0.3 is 14.9 Å². The lowest BCUT2D eigenvalue weighted by Gasteiger charge is -2.44. The fourth-order valence-corrected chi connectivity index (χ4v) is 4.79. The van der Waals surface area contributed by atoms with Crippen molar-refractivity contribution in [2.75, 3.05) is 0 Å². The Balaban J connectivity index is 1.69. The number of nitrogens with zero attached hydrogens (tertiary/aromatic N) is 3. The van der Waals surface area contributed by atoms with Crippen molar-refractivity contribution in [2.24, 2.45) is 5.92 Å². The fourth-order valence-electron chi connectivity index (χ4n) is 4.79. The standard InChI is InChI=1S/C21H23N5O2/c1-12-6-7-13-8-14(9-16(12)24-13)26-18-5-3-2-4-15(18)25-20(21(26)28)17-10-23-19(27)11-22-17/h2-5,10-14,16,24H,6-9H2,1H3,(H,23,27). The summed E-state index contributed by atoms with van der Waals surface area (Å²) in [4.78, 5) is 36.2. The zero-order chi connectivity index (χ0) is 19.3. The van der Waals surface area contributed by atoms with Crippen molar-refractivity contribution in [1.29, 1.82) is 0 Å². The first-order valence-electron chi connectivity index (χ1n) is 9.92. The van der Waals surface area contributed by atoms with Gasteiger partial charge in [-0.15, -0.1) is 0 Å². The Morgan fingerprint density at radius 2 is 2.00 bits per heavy atom. The van der Waals surface area contributed by atoms with Gasteiger partial charge in [-0.25, -0.2) is 9.97 Å². The third kappa shape index (κ3) is 2.86. The molecular weight excluding hydrogens is 354 g/mol. The Labute approximate surface area is 161 Å². The minimum absolute atomic E-state index is 0.126. The van der Waals surface area contributed by atoms with E-state index in [2.05, 4.69) is 27.2 Å². The number of piperidine rings is 2. The van der Waals surface area contributed by atoms with Crippen molar-refractivity contribution in [3.8, 4) is 11.4 Å². The van der Waals surface area contributed by atoms with Gasteiger partial charge in [0.1, 0.15) is 5.69 Å². The average Bonchev–Trinajstić information content (AvgIpc) is 2.71. The molecule has 7 nitrogen and oxygen atoms in total. The number of benzene rings is 1. The summed E-state index contributed by atoms with van der Waals surface area (Å²) in [6.45, 7) is 2.29. The van der Waals surface area contributed by atoms with Crippen LogP contribution in [0.15, 0.2) is 46.2 Å². The molecule has 0 aliphatic carbocycles. The fraction of sp³-hybridized carbons (Fsp3) is 0.429. The Kier molecular flexibility index (Phi) is 4.12. The topological polar surface area (TPSA) is 92.7 Å². The van der Waals surface area contributed by atoms with Crippen molar-refractivity contribution in [1.82, 2.24) is 24.8 Å². The molecule has 0 radical (unpaired) electrons. The first-order chi connectivity index (χ1) is 13.6. The third-order valence-electron chi connectivity index (χ3n) is 6.26. The van der Waals surface area contributed by atoms with Crippen molar-refractivity contribution in [2.45, 2.75) is 50.7 Å². The Hall–Kier alpha value is -2.80. The molecule has 4 atom stereocenters. The number of nitrogens with one attached hydrogen (secondary N) is 2. The van der Waals surface area contributed by atoms with Crippen LogP contribution < -0.4 is 16.4 Å². The molecule has 2 aromatic heterocycles. The number of hydrogen-bond acceptors (Lipinski definition) is 5. The molecule has 0 amide bonds. The summed E-state index contributed by atoms with van der Waals surface area (Å²) in [6.07, 6.45) is 6.92. The molecular formula is C21H23N5O2. The van der Waals surface area contributed by atoms with E-state index in [0.29, 0.717) is 23.7 Å². The predicted octanol–water partition coefficient (Wildman–Crippen LogP) is 2.24. The number of H-pyrrole nitrogens is 1. The molecule has 2 N–H and O–H groups in total. The number of aromatic amines is 1. The molecule has 4 unspecified atom stereocenters. The lowest BCUT2D eigenvalue weighted by Crippen LogP contribution is -2.53. The molecule has 2 aliphatic rings. The normalized spacial score (nSPS) is 27.0. The Bertz CT molecular complexity index is 1130. The molecule has 28 heavy (non-hydrogen) atoms. The van der Waals surface area contributed by atoms with Crippen LogP contribution in [0.2, 0.25) is 0 Å². The van der Waals surface area contributed by atoms with Crippen LogP contribution in [0.3, 0.4) is 0 Å². The quantitative estimate of drug-likeness (QED) is 0.714. The highest BCUT2D eigenvalue weighted by Gasteiger charge is 2.36. The summed E-state index contributed by atoms with van der Waals surface area (Å²) in [5.74, 6) is 0.614. The second-order valence-corrected chi connectivity index (χ2v) is 8.07. The van der Waals surface area contributed by atoms with Gasteiger partial charge in [0.25, 0.3) is 11.1 Å². The highest BCUT2D eigenvalue weighted by Crippen LogP contribution is 2.36. The van der Waals surface area contributed by atoms with Gasteiger partial charge in [-0.3, -0.25) is 9.59 Å². The number of hydrogen-bond donors (Lipinski definition) is 2. The van der Waals surface area contributed by atoms with Crippen LogP contribution in [0, 0.1) is 5.92 Å². The number of aromatic nitrogens is 4. The van der Waals surface area contributed by atoms with Gasteiger partial charge in [-0.05, 0) is 43.7 Å². The molecule has 0 saturated carbocycles. The van der Waals surface area contributed by atoms with E-state index >= 15 is 0 Å². The summed E-state index contributed by atoms with van der Waals surface area (Å²) in [6, 6.07) is 8.77. The van der Waals surface area contributed by atoms with Gasteiger partial charge in [0.2, 0.25) is 0 Å². The van der Waals surface area contributed by atoms with E-state index in [1.165, 1.54) is 18.8 Å². The number of rotatable bonds is 2. The summed E-state index contributed by atoms with van der Waals surface area (Å²) in [7, 11) is 0. The van der Waals surface area contributed by atoms with Crippen LogP contribution >= 0.6 is 0 Å². The van der Waals surface area contributed by atoms with Crippen LogP contribution in [0.5, 0.6) is 0 Å². The maximum Gasteiger partial charge on any atom is 0.279 e. The largest absolute Gasteiger partial charge is 0.326 e. The van der Waals surface area contributed by atoms with E-state index in [-0.39, 0.29) is 22.9 Å². The lowest BCUT2D eigenvalue weighted by atomic mass is 9.78. The second kappa shape index (κ2) is 6.67. The maximum absolute atomic E-state index is 13.5. The molecule has 4 heterocycles. The van der Waals surface area contributed by atoms with Gasteiger partial charge in [0, 0.05) is 24.3 Å². The van der Waals surface area contributed by atoms with Crippen LogP contribution in [-0.2, 0) is 0 Å². The molecule has 5 rings (SSSR count). The van der Waals surface area contributed by atoms with E-state index < -0.39 is 0 Å². The molecule has 0 spiro atoms. The molecule has 2 bridgehead atoms. The van der Waals surface area contributed by atoms with E-state index in [0.717, 1.165) is 30.3 Å². The van der Waals surface area contributed by atoms with Gasteiger partial charge in [0.15, 0.2) is 5.69 Å². The first-order valence-corrected chi connectivity index (χ1v) is 9.92. The van der Waals surface area contributed by atoms with Crippen LogP contribution in [0.4, 0.5) is 0 Å². The van der Waals surface area contributed by atoms with Gasteiger partial charge >= 0.3 is 0 Å². The summed E-state index contributed by atoms with van der Waals surface area (Å²) in [5, 5.41) is 3.74. The second-order valence-electron chi connectivity index (χ2n) is 8.07. The molecule has 2 saturated heterocycles. The zero-order valence-electron chi connectivity index (χ0n) is 15.8. The zero-order valence-corrected chi connectivity index (χ0v) is 15.8. The van der Waals surface area contributed by atoms with Crippen LogP contribution in [0.1, 0.15) is 38.6 Å². The summed E-state index contributed by atoms with van der Waals surface area (Å²) >= 11 is 0. The van der Waals surface area contributed by atoms with Crippen molar-refractivity contribution < 1.29 is 0 Å². The van der Waals surface area contributed by atoms with Crippen molar-refractivity contribution in [3.63, 3.8) is 0 Å². The Morgan fingerprint density at radius 1 is 1.14 bits per heavy atom. The van der Waals surface area contributed by atoms with Crippen LogP contribution in [-0.4, -0.2) is 31.6 Å². The minimum Gasteiger partial charge on any atom is -0.326 e. The predicted molar refractivity (Wildman–Crippen MR) is 107 cm³/mol. The average molecular weight is 377 g/mol. The van der Waals surface area contributed by atoms with Gasteiger partial charge in [-0.2, -0.15) is 0 Å². The van der Waals surface area contributed by atoms with E-state index in [1.807, 2.05) is 28.8 Å². The summed E-state index contributed by atoms with van der Waals surface area (Å²) in [5.41, 5.74) is 1.86. The van der Waals surface area contributed by atoms with Crippen molar-refractivity contribution in [3.05, 3.63) is 57.4 Å². The Morgan fingerprint density at radius 3 is 2.82 bits per heavy atom. The van der Waals surface area contributed by atoms with E-state index in [9.17, 15) is 9.59 Å². The monoisotopic (exact) mass is 377 g/mol. The molecule has 7 heteroatoms. The highest BCUT2D eigenvalue weighted by molar-refractivity contribution is 5.77. The maximum atomic E-state index is 13.5. The number of fused-ring (bicyclic) bond motifs is 3.